The highest BCUT2D eigenvalue weighted by atomic mass is 16.6. The lowest BCUT2D eigenvalue weighted by Crippen LogP contribution is -2.42. The SMILES string of the molecule is CC[C@H]1O[C@@H](n2cc(C)c(=O)[nH]c2=O)C(OCCOC)[C@H]1OC(=O)CCC(=O)O. The van der Waals surface area contributed by atoms with Crippen LogP contribution in [-0.2, 0) is 28.5 Å². The molecule has 0 bridgehead atoms. The van der Waals surface area contributed by atoms with Crippen molar-refractivity contribution in [3.63, 3.8) is 0 Å². The maximum atomic E-state index is 12.3. The Hall–Kier alpha value is -2.50. The monoisotopic (exact) mass is 414 g/mol. The van der Waals surface area contributed by atoms with Gasteiger partial charge in [-0.25, -0.2) is 4.79 Å². The topological polar surface area (TPSA) is 146 Å². The van der Waals surface area contributed by atoms with Crippen molar-refractivity contribution in [1.82, 2.24) is 9.55 Å². The molecule has 1 saturated heterocycles. The van der Waals surface area contributed by atoms with Gasteiger partial charge >= 0.3 is 17.6 Å². The fraction of sp³-hybridized carbons (Fsp3) is 0.667. The van der Waals surface area contributed by atoms with Gasteiger partial charge in [0.1, 0.15) is 6.10 Å². The van der Waals surface area contributed by atoms with Crippen LogP contribution in [0.25, 0.3) is 0 Å². The molecule has 0 aromatic carbocycles. The molecule has 2 rings (SSSR count). The number of nitrogens with zero attached hydrogens (tertiary/aromatic N) is 1. The second kappa shape index (κ2) is 10.3. The van der Waals surface area contributed by atoms with Crippen LogP contribution >= 0.6 is 0 Å². The first-order chi connectivity index (χ1) is 13.8. The van der Waals surface area contributed by atoms with Crippen molar-refractivity contribution < 1.29 is 33.6 Å². The van der Waals surface area contributed by atoms with E-state index in [-0.39, 0.29) is 26.1 Å². The van der Waals surface area contributed by atoms with E-state index in [1.165, 1.54) is 17.9 Å². The van der Waals surface area contributed by atoms with Crippen LogP contribution in [0, 0.1) is 6.92 Å². The van der Waals surface area contributed by atoms with Crippen LogP contribution in [0.15, 0.2) is 15.8 Å². The van der Waals surface area contributed by atoms with Gasteiger partial charge in [0.25, 0.3) is 5.56 Å². The Morgan fingerprint density at radius 2 is 1.97 bits per heavy atom. The number of aromatic amines is 1. The first-order valence-corrected chi connectivity index (χ1v) is 9.27. The van der Waals surface area contributed by atoms with Crippen LogP contribution < -0.4 is 11.2 Å². The smallest absolute Gasteiger partial charge is 0.330 e. The van der Waals surface area contributed by atoms with E-state index >= 15 is 0 Å². The third kappa shape index (κ3) is 5.75. The molecule has 1 fully saturated rings. The van der Waals surface area contributed by atoms with Crippen LogP contribution in [0.1, 0.15) is 38.0 Å². The van der Waals surface area contributed by atoms with Gasteiger partial charge in [-0.3, -0.25) is 23.9 Å². The predicted octanol–water partition coefficient (Wildman–Crippen LogP) is -0.0394. The van der Waals surface area contributed by atoms with E-state index in [1.807, 2.05) is 6.92 Å². The number of carboxylic acids is 1. The Morgan fingerprint density at radius 1 is 1.24 bits per heavy atom. The molecule has 11 heteroatoms. The zero-order chi connectivity index (χ0) is 21.6. The fourth-order valence-electron chi connectivity index (χ4n) is 3.04. The minimum atomic E-state index is -1.11. The number of aryl methyl sites for hydroxylation is 1. The number of carboxylic acid groups (broad SMARTS) is 1. The minimum Gasteiger partial charge on any atom is -0.481 e. The van der Waals surface area contributed by atoms with E-state index in [9.17, 15) is 19.2 Å². The summed E-state index contributed by atoms with van der Waals surface area (Å²) in [5.41, 5.74) is -0.887. The zero-order valence-corrected chi connectivity index (χ0v) is 16.6. The molecule has 0 spiro atoms. The quantitative estimate of drug-likeness (QED) is 0.398. The Morgan fingerprint density at radius 3 is 2.59 bits per heavy atom. The van der Waals surface area contributed by atoms with Crippen molar-refractivity contribution in [2.75, 3.05) is 20.3 Å². The second-order valence-electron chi connectivity index (χ2n) is 6.63. The number of rotatable bonds is 10. The molecule has 1 aromatic heterocycles. The van der Waals surface area contributed by atoms with Crippen LogP contribution in [0.4, 0.5) is 0 Å². The maximum Gasteiger partial charge on any atom is 0.330 e. The molecule has 11 nitrogen and oxygen atoms in total. The number of esters is 1. The molecule has 0 saturated carbocycles. The number of aromatic nitrogens is 2. The summed E-state index contributed by atoms with van der Waals surface area (Å²) in [6, 6.07) is 0. The molecule has 2 heterocycles. The van der Waals surface area contributed by atoms with Crippen molar-refractivity contribution in [1.29, 1.82) is 0 Å². The summed E-state index contributed by atoms with van der Waals surface area (Å²) in [6.07, 6.45) is -2.09. The Bertz CT molecular complexity index is 831. The molecule has 2 N–H and O–H groups in total. The van der Waals surface area contributed by atoms with E-state index in [1.54, 1.807) is 6.92 Å². The van der Waals surface area contributed by atoms with Gasteiger partial charge in [0.05, 0.1) is 32.2 Å². The summed E-state index contributed by atoms with van der Waals surface area (Å²) in [5.74, 6) is -1.82. The molecule has 29 heavy (non-hydrogen) atoms. The number of nitrogens with one attached hydrogen (secondary N) is 1. The van der Waals surface area contributed by atoms with Crippen LogP contribution in [0.2, 0.25) is 0 Å². The largest absolute Gasteiger partial charge is 0.481 e. The average Bonchev–Trinajstić information content (AvgIpc) is 3.00. The molecule has 4 atom stereocenters. The fourth-order valence-corrected chi connectivity index (χ4v) is 3.04. The number of H-pyrrole nitrogens is 1. The molecule has 1 aliphatic rings. The summed E-state index contributed by atoms with van der Waals surface area (Å²) in [6.45, 7) is 3.78. The van der Waals surface area contributed by atoms with Gasteiger partial charge in [-0.15, -0.1) is 0 Å². The highest BCUT2D eigenvalue weighted by molar-refractivity contribution is 5.76. The minimum absolute atomic E-state index is 0.151. The van der Waals surface area contributed by atoms with E-state index in [4.69, 9.17) is 24.1 Å². The summed E-state index contributed by atoms with van der Waals surface area (Å²) >= 11 is 0. The van der Waals surface area contributed by atoms with Crippen molar-refractivity contribution in [2.45, 2.75) is 57.6 Å². The zero-order valence-electron chi connectivity index (χ0n) is 16.6. The summed E-state index contributed by atoms with van der Waals surface area (Å²) < 4.78 is 23.4. The van der Waals surface area contributed by atoms with Gasteiger partial charge < -0.3 is 24.1 Å². The van der Waals surface area contributed by atoms with Crippen LogP contribution in [-0.4, -0.2) is 65.2 Å². The van der Waals surface area contributed by atoms with Gasteiger partial charge in [-0.1, -0.05) is 6.92 Å². The standard InChI is InChI=1S/C18H26N2O9/c1-4-11-14(29-13(23)6-5-12(21)22)15(27-8-7-26-3)17(28-11)20-9-10(2)16(24)19-18(20)25/h9,11,14-15,17H,4-8H2,1-3H3,(H,21,22)(H,19,24,25)/t11-,14+,15?,17-/m1/s1. The molecule has 1 aliphatic heterocycles. The number of carbonyl (C=O) groups excluding carboxylic acids is 1. The number of methoxy groups -OCH3 is 1. The number of hydrogen-bond donors (Lipinski definition) is 2. The van der Waals surface area contributed by atoms with Gasteiger partial charge in [-0.2, -0.15) is 0 Å². The predicted molar refractivity (Wildman–Crippen MR) is 98.6 cm³/mol. The van der Waals surface area contributed by atoms with Gasteiger partial charge in [0, 0.05) is 18.9 Å². The summed E-state index contributed by atoms with van der Waals surface area (Å²) in [5, 5.41) is 8.75. The molecule has 0 amide bonds. The normalized spacial score (nSPS) is 23.8. The van der Waals surface area contributed by atoms with Crippen molar-refractivity contribution in [3.8, 4) is 0 Å². The van der Waals surface area contributed by atoms with Crippen molar-refractivity contribution >= 4 is 11.9 Å². The average molecular weight is 414 g/mol. The lowest BCUT2D eigenvalue weighted by atomic mass is 10.1. The highest BCUT2D eigenvalue weighted by Crippen LogP contribution is 2.34. The third-order valence-corrected chi connectivity index (χ3v) is 4.52. The Labute approximate surface area is 166 Å². The third-order valence-electron chi connectivity index (χ3n) is 4.52. The lowest BCUT2D eigenvalue weighted by molar-refractivity contribution is -0.160. The first kappa shape index (κ1) is 22.8. The van der Waals surface area contributed by atoms with Crippen LogP contribution in [0.3, 0.4) is 0 Å². The number of carbonyl (C=O) groups is 2. The molecule has 162 valence electrons. The van der Waals surface area contributed by atoms with E-state index in [0.717, 1.165) is 0 Å². The van der Waals surface area contributed by atoms with Crippen molar-refractivity contribution in [2.24, 2.45) is 0 Å². The van der Waals surface area contributed by atoms with Gasteiger partial charge in [-0.05, 0) is 13.3 Å². The molecule has 0 radical (unpaired) electrons. The molecule has 1 unspecified atom stereocenters. The number of ether oxygens (including phenoxy) is 4. The molecule has 1 aromatic rings. The number of aliphatic carboxylic acids is 1. The number of hydrogen-bond acceptors (Lipinski definition) is 8. The van der Waals surface area contributed by atoms with Gasteiger partial charge in [0.2, 0.25) is 0 Å². The van der Waals surface area contributed by atoms with Gasteiger partial charge in [0.15, 0.2) is 12.3 Å². The van der Waals surface area contributed by atoms with Crippen molar-refractivity contribution in [3.05, 3.63) is 32.6 Å². The Kier molecular flexibility index (Phi) is 8.11. The van der Waals surface area contributed by atoms with E-state index in [2.05, 4.69) is 4.98 Å². The van der Waals surface area contributed by atoms with E-state index < -0.39 is 47.7 Å². The highest BCUT2D eigenvalue weighted by Gasteiger charge is 2.48. The van der Waals surface area contributed by atoms with E-state index in [0.29, 0.717) is 12.0 Å². The lowest BCUT2D eigenvalue weighted by Gasteiger charge is -2.25. The molecular weight excluding hydrogens is 388 g/mol. The first-order valence-electron chi connectivity index (χ1n) is 9.27. The Balaban J connectivity index is 2.31. The molecule has 0 aliphatic carbocycles. The second-order valence-corrected chi connectivity index (χ2v) is 6.63. The van der Waals surface area contributed by atoms with Crippen LogP contribution in [0.5, 0.6) is 0 Å². The summed E-state index contributed by atoms with van der Waals surface area (Å²) in [4.78, 5) is 49.0. The molecular formula is C18H26N2O9. The summed E-state index contributed by atoms with van der Waals surface area (Å²) in [7, 11) is 1.50. The maximum absolute atomic E-state index is 12.3.